The fraction of sp³-hybridized carbons (Fsp3) is 0. The zero-order valence-corrected chi connectivity index (χ0v) is 67.5. The topological polar surface area (TPSA) is 116 Å². The number of rotatable bonds is 16. The highest BCUT2D eigenvalue weighted by atomic mass is 32.1. The predicted octanol–water partition coefficient (Wildman–Crippen LogP) is 29.3. The summed E-state index contributed by atoms with van der Waals surface area (Å²) >= 11 is 3.62. The zero-order valence-electron chi connectivity index (χ0n) is 65.8. The summed E-state index contributed by atoms with van der Waals surface area (Å²) in [5, 5.41) is 4.88. The Labute approximate surface area is 713 Å². The number of hydrogen-bond donors (Lipinski definition) is 0. The Hall–Kier alpha value is -15.8. The molecule has 572 valence electrons. The molecule has 0 aliphatic heterocycles. The quantitative estimate of drug-likeness (QED) is 0.0932. The van der Waals surface area contributed by atoms with Crippen molar-refractivity contribution in [2.45, 2.75) is 0 Å². The Balaban J connectivity index is 0.000000153. The van der Waals surface area contributed by atoms with E-state index in [1.54, 1.807) is 11.3 Å². The molecule has 122 heavy (non-hydrogen) atoms. The Morgan fingerprint density at radius 2 is 0.393 bits per heavy atom. The van der Waals surface area contributed by atoms with Gasteiger partial charge in [0.1, 0.15) is 0 Å². The molecular formula is C111H71N9S2. The molecule has 0 amide bonds. The van der Waals surface area contributed by atoms with Crippen LogP contribution in [-0.2, 0) is 0 Å². The van der Waals surface area contributed by atoms with Crippen LogP contribution in [0.5, 0.6) is 0 Å². The molecule has 0 unspecified atom stereocenters. The van der Waals surface area contributed by atoms with Gasteiger partial charge in [-0.2, -0.15) is 0 Å². The Morgan fingerprint density at radius 1 is 0.139 bits per heavy atom. The van der Waals surface area contributed by atoms with Gasteiger partial charge in [-0.15, -0.1) is 22.7 Å². The number of thiophene rings is 2. The summed E-state index contributed by atoms with van der Waals surface area (Å²) in [7, 11) is 0. The maximum atomic E-state index is 5.16. The molecule has 0 atom stereocenters. The first-order chi connectivity index (χ1) is 60.4. The van der Waals surface area contributed by atoms with E-state index in [-0.39, 0.29) is 0 Å². The molecule has 16 aromatic carbocycles. The van der Waals surface area contributed by atoms with Crippen LogP contribution in [0.25, 0.3) is 221 Å². The first-order valence-corrected chi connectivity index (χ1v) is 42.3. The third-order valence-electron chi connectivity index (χ3n) is 22.1. The third kappa shape index (κ3) is 15.0. The number of fused-ring (bicyclic) bond motifs is 6. The highest BCUT2D eigenvalue weighted by molar-refractivity contribution is 7.27. The van der Waals surface area contributed by atoms with Crippen molar-refractivity contribution in [3.05, 3.63) is 431 Å². The Bertz CT molecular complexity index is 7400. The first kappa shape index (κ1) is 73.8. The van der Waals surface area contributed by atoms with E-state index in [9.17, 15) is 0 Å². The van der Waals surface area contributed by atoms with Crippen LogP contribution in [0.3, 0.4) is 0 Å². The van der Waals surface area contributed by atoms with Gasteiger partial charge in [-0.25, -0.2) is 44.9 Å². The number of aromatic nitrogens is 9. The van der Waals surface area contributed by atoms with Crippen LogP contribution in [0.4, 0.5) is 0 Å². The van der Waals surface area contributed by atoms with Crippen LogP contribution < -0.4 is 0 Å². The van der Waals surface area contributed by atoms with Crippen molar-refractivity contribution in [2.75, 3.05) is 0 Å². The fourth-order valence-corrected chi connectivity index (χ4v) is 18.5. The minimum Gasteiger partial charge on any atom is -0.228 e. The van der Waals surface area contributed by atoms with Crippen molar-refractivity contribution in [3.63, 3.8) is 0 Å². The Morgan fingerprint density at radius 3 is 0.811 bits per heavy atom. The SMILES string of the molecule is c1ccc(-c2cc(-c3ccccc3)nc(-c3cccc(-c4ccc(-c5nc(-c6ccccc6)nc(-c6ccccc6)n5)c5sc6ccccc6c45)c3)n2)cc1.c1ccc(-c2cccc(-c3cc(-c4ccc(-c5ccc(-c6ccc(-c7cc(-c8ccccc8)nc(-c8ccccc8)n7)cc6)c6sc7ccccc7c56)cc4)nc(-c4ccccc4)n3)c2)cc1. The van der Waals surface area contributed by atoms with Gasteiger partial charge >= 0.3 is 0 Å². The molecule has 11 heteroatoms. The van der Waals surface area contributed by atoms with E-state index in [0.29, 0.717) is 34.9 Å². The maximum Gasteiger partial charge on any atom is 0.165 e. The van der Waals surface area contributed by atoms with Crippen LogP contribution in [0.1, 0.15) is 0 Å². The van der Waals surface area contributed by atoms with Gasteiger partial charge in [0.05, 0.1) is 34.2 Å². The second-order valence-electron chi connectivity index (χ2n) is 29.9. The molecule has 22 rings (SSSR count). The molecule has 0 aliphatic carbocycles. The summed E-state index contributed by atoms with van der Waals surface area (Å²) < 4.78 is 4.86. The van der Waals surface area contributed by atoms with Crippen molar-refractivity contribution >= 4 is 63.0 Å². The van der Waals surface area contributed by atoms with Gasteiger partial charge < -0.3 is 0 Å². The molecule has 0 saturated carbocycles. The molecule has 0 saturated heterocycles. The minimum atomic E-state index is 0.642. The van der Waals surface area contributed by atoms with Gasteiger partial charge in [-0.3, -0.25) is 0 Å². The molecule has 22 aromatic rings. The second-order valence-corrected chi connectivity index (χ2v) is 32.0. The normalized spacial score (nSPS) is 11.3. The molecular weight excluding hydrogens is 1520 g/mol. The van der Waals surface area contributed by atoms with Crippen LogP contribution in [0, 0.1) is 0 Å². The molecule has 0 spiro atoms. The highest BCUT2D eigenvalue weighted by Crippen LogP contribution is 2.48. The second kappa shape index (κ2) is 33.0. The van der Waals surface area contributed by atoms with Crippen LogP contribution in [-0.4, -0.2) is 44.9 Å². The molecule has 6 heterocycles. The van der Waals surface area contributed by atoms with E-state index in [1.807, 2.05) is 169 Å². The summed E-state index contributed by atoms with van der Waals surface area (Å²) in [4.78, 5) is 45.8. The lowest BCUT2D eigenvalue weighted by molar-refractivity contribution is 1.08. The van der Waals surface area contributed by atoms with Crippen molar-refractivity contribution in [2.24, 2.45) is 0 Å². The monoisotopic (exact) mass is 1590 g/mol. The van der Waals surface area contributed by atoms with E-state index >= 15 is 0 Å². The Kier molecular flexibility index (Phi) is 19.9. The van der Waals surface area contributed by atoms with Crippen molar-refractivity contribution < 1.29 is 0 Å². The lowest BCUT2D eigenvalue weighted by atomic mass is 9.93. The summed E-state index contributed by atoms with van der Waals surface area (Å²) in [6.07, 6.45) is 0. The number of benzene rings is 16. The van der Waals surface area contributed by atoms with E-state index in [1.165, 1.54) is 52.3 Å². The highest BCUT2D eigenvalue weighted by Gasteiger charge is 2.23. The standard InChI is InChI=1S/C62H40N4S.C49H31N5S/c1-5-16-41(17-6-1)49-24-15-25-50(38-49)57-40-56(65-62(66-57)48-22-11-4-12-23-48)45-32-28-42(29-33-45)51-36-37-52(60-59(51)53-26-13-14-27-58(53)67-60)43-30-34-46(35-31-43)55-39-54(44-18-7-2-8-19-44)63-61(64-55)47-20-9-3-10-21-47;1-5-16-32(17-6-1)41-31-42(33-18-7-2-8-19-33)51-48(50-41)37-25-15-24-36(30-37)38-28-29-40(45-44(38)39-26-13-14-27-43(39)55-45)49-53-46(34-20-9-3-10-21-34)52-47(54-49)35-22-11-4-12-23-35/h1-40H;1-31H. The van der Waals surface area contributed by atoms with Crippen LogP contribution >= 0.6 is 22.7 Å². The molecule has 0 bridgehead atoms. The molecule has 0 aliphatic rings. The molecule has 9 nitrogen and oxygen atoms in total. The zero-order chi connectivity index (χ0) is 81.1. The van der Waals surface area contributed by atoms with Gasteiger partial charge in [0.2, 0.25) is 0 Å². The van der Waals surface area contributed by atoms with Gasteiger partial charge in [-0.05, 0) is 93.0 Å². The lowest BCUT2D eigenvalue weighted by Crippen LogP contribution is -2.00. The summed E-state index contributed by atoms with van der Waals surface area (Å²) in [6.45, 7) is 0. The van der Waals surface area contributed by atoms with Gasteiger partial charge in [0, 0.05) is 107 Å². The molecule has 0 fully saturated rings. The van der Waals surface area contributed by atoms with Gasteiger partial charge in [-0.1, -0.05) is 382 Å². The third-order valence-corrected chi connectivity index (χ3v) is 24.5. The predicted molar refractivity (Wildman–Crippen MR) is 506 cm³/mol. The average molecular weight is 1590 g/mol. The van der Waals surface area contributed by atoms with Crippen molar-refractivity contribution in [3.8, 4) is 180 Å². The molecule has 0 radical (unpaired) electrons. The maximum absolute atomic E-state index is 5.16. The summed E-state index contributed by atoms with van der Waals surface area (Å²) in [5.74, 6) is 4.01. The van der Waals surface area contributed by atoms with E-state index < -0.39 is 0 Å². The molecule has 6 aromatic heterocycles. The van der Waals surface area contributed by atoms with Gasteiger partial charge in [0.25, 0.3) is 0 Å². The van der Waals surface area contributed by atoms with Crippen molar-refractivity contribution in [1.82, 2.24) is 44.9 Å². The smallest absolute Gasteiger partial charge is 0.165 e. The average Bonchev–Trinajstić information content (AvgIpc) is 1.58. The number of nitrogens with zero attached hydrogens (tertiary/aromatic N) is 9. The minimum absolute atomic E-state index is 0.642. The van der Waals surface area contributed by atoms with E-state index in [4.69, 9.17) is 44.9 Å². The first-order valence-electron chi connectivity index (χ1n) is 40.6. The molecule has 0 N–H and O–H groups in total. The lowest BCUT2D eigenvalue weighted by Gasteiger charge is -2.13. The van der Waals surface area contributed by atoms with E-state index in [0.717, 1.165) is 133 Å². The van der Waals surface area contributed by atoms with Crippen LogP contribution in [0.15, 0.2) is 431 Å². The largest absolute Gasteiger partial charge is 0.228 e. The van der Waals surface area contributed by atoms with E-state index in [2.05, 4.69) is 273 Å². The van der Waals surface area contributed by atoms with Crippen molar-refractivity contribution in [1.29, 1.82) is 0 Å². The fourth-order valence-electron chi connectivity index (χ4n) is 16.0. The number of hydrogen-bond acceptors (Lipinski definition) is 11. The summed E-state index contributed by atoms with van der Waals surface area (Å²) in [5.41, 5.74) is 26.6. The summed E-state index contributed by atoms with van der Waals surface area (Å²) in [6, 6.07) is 150. The van der Waals surface area contributed by atoms with Crippen LogP contribution in [0.2, 0.25) is 0 Å². The van der Waals surface area contributed by atoms with Gasteiger partial charge in [0.15, 0.2) is 34.9 Å².